The lowest BCUT2D eigenvalue weighted by Gasteiger charge is -2.05. The van der Waals surface area contributed by atoms with Crippen LogP contribution >= 0.6 is 0 Å². The van der Waals surface area contributed by atoms with Gasteiger partial charge in [0.15, 0.2) is 6.10 Å². The number of carboxylic acid groups (broad SMARTS) is 1. The van der Waals surface area contributed by atoms with E-state index in [1.807, 2.05) is 12.1 Å². The third-order valence-corrected chi connectivity index (χ3v) is 2.26. The molecular weight excluding hydrogens is 196 g/mol. The predicted molar refractivity (Wildman–Crippen MR) is 53.4 cm³/mol. The number of fused-ring (bicyclic) bond motifs is 1. The quantitative estimate of drug-likeness (QED) is 0.684. The van der Waals surface area contributed by atoms with E-state index in [-0.39, 0.29) is 6.42 Å². The van der Waals surface area contributed by atoms with Crippen molar-refractivity contribution in [3.8, 4) is 0 Å². The smallest absolute Gasteiger partial charge is 0.332 e. The number of hydrogen-bond acceptors (Lipinski definition) is 3. The van der Waals surface area contributed by atoms with E-state index in [4.69, 9.17) is 5.11 Å². The van der Waals surface area contributed by atoms with E-state index in [9.17, 15) is 9.90 Å². The summed E-state index contributed by atoms with van der Waals surface area (Å²) in [4.78, 5) is 10.5. The van der Waals surface area contributed by atoms with E-state index in [2.05, 4.69) is 10.2 Å². The van der Waals surface area contributed by atoms with E-state index in [0.717, 1.165) is 16.5 Å². The van der Waals surface area contributed by atoms with Crippen LogP contribution in [0.5, 0.6) is 0 Å². The number of benzene rings is 1. The average molecular weight is 206 g/mol. The normalized spacial score (nSPS) is 12.9. The standard InChI is InChI=1S/C10H10N2O3/c13-8(10(14)15)4-6-2-1-3-7-5-11-12-9(6)7/h1-3,5,8,13H,4H2,(H,11,12)(H,14,15). The molecule has 0 fully saturated rings. The van der Waals surface area contributed by atoms with Crippen molar-refractivity contribution < 1.29 is 15.0 Å². The summed E-state index contributed by atoms with van der Waals surface area (Å²) in [5.41, 5.74) is 1.53. The lowest BCUT2D eigenvalue weighted by molar-refractivity contribution is -0.146. The minimum absolute atomic E-state index is 0.0782. The summed E-state index contributed by atoms with van der Waals surface area (Å²) < 4.78 is 0. The van der Waals surface area contributed by atoms with Crippen molar-refractivity contribution in [2.75, 3.05) is 0 Å². The van der Waals surface area contributed by atoms with Crippen LogP contribution in [0.2, 0.25) is 0 Å². The summed E-state index contributed by atoms with van der Waals surface area (Å²) in [6.07, 6.45) is 0.361. The van der Waals surface area contributed by atoms with E-state index in [1.165, 1.54) is 0 Å². The van der Waals surface area contributed by atoms with Gasteiger partial charge in [0, 0.05) is 11.8 Å². The van der Waals surface area contributed by atoms with E-state index in [1.54, 1.807) is 12.3 Å². The first-order valence-corrected chi connectivity index (χ1v) is 4.50. The highest BCUT2D eigenvalue weighted by Crippen LogP contribution is 2.16. The molecule has 5 nitrogen and oxygen atoms in total. The lowest BCUT2D eigenvalue weighted by atomic mass is 10.1. The van der Waals surface area contributed by atoms with Gasteiger partial charge in [0.05, 0.1) is 11.7 Å². The van der Waals surface area contributed by atoms with Crippen LogP contribution in [-0.4, -0.2) is 32.5 Å². The molecule has 1 aromatic heterocycles. The third-order valence-electron chi connectivity index (χ3n) is 2.26. The number of aromatic amines is 1. The van der Waals surface area contributed by atoms with Crippen molar-refractivity contribution >= 4 is 16.9 Å². The number of rotatable bonds is 3. The summed E-state index contributed by atoms with van der Waals surface area (Å²) in [6.45, 7) is 0. The second-order valence-electron chi connectivity index (χ2n) is 3.31. The SMILES string of the molecule is O=C(O)C(O)Cc1cccc2cn[nH]c12. The Hall–Kier alpha value is -1.88. The van der Waals surface area contributed by atoms with E-state index < -0.39 is 12.1 Å². The molecule has 2 aromatic rings. The van der Waals surface area contributed by atoms with Gasteiger partial charge in [-0.25, -0.2) is 4.79 Å². The van der Waals surface area contributed by atoms with Gasteiger partial charge in [-0.15, -0.1) is 0 Å². The first kappa shape index (κ1) is 9.67. The molecule has 1 atom stereocenters. The van der Waals surface area contributed by atoms with E-state index in [0.29, 0.717) is 0 Å². The molecule has 1 heterocycles. The van der Waals surface area contributed by atoms with Crippen LogP contribution in [0.25, 0.3) is 10.9 Å². The van der Waals surface area contributed by atoms with Crippen LogP contribution < -0.4 is 0 Å². The Labute approximate surface area is 85.4 Å². The molecule has 0 aliphatic heterocycles. The maximum atomic E-state index is 10.5. The Morgan fingerprint density at radius 2 is 2.33 bits per heavy atom. The maximum absolute atomic E-state index is 10.5. The zero-order valence-corrected chi connectivity index (χ0v) is 7.84. The number of hydrogen-bond donors (Lipinski definition) is 3. The van der Waals surface area contributed by atoms with Crippen molar-refractivity contribution in [1.29, 1.82) is 0 Å². The molecule has 15 heavy (non-hydrogen) atoms. The zero-order chi connectivity index (χ0) is 10.8. The number of nitrogens with one attached hydrogen (secondary N) is 1. The summed E-state index contributed by atoms with van der Waals surface area (Å²) in [6, 6.07) is 5.45. The molecule has 0 saturated carbocycles. The molecule has 0 bridgehead atoms. The molecule has 1 unspecified atom stereocenters. The highest BCUT2D eigenvalue weighted by molar-refractivity contribution is 5.82. The predicted octanol–water partition coefficient (Wildman–Crippen LogP) is 0.551. The van der Waals surface area contributed by atoms with Gasteiger partial charge < -0.3 is 10.2 Å². The third kappa shape index (κ3) is 1.82. The van der Waals surface area contributed by atoms with Crippen LogP contribution in [0, 0.1) is 0 Å². The van der Waals surface area contributed by atoms with Crippen LogP contribution in [0.4, 0.5) is 0 Å². The minimum Gasteiger partial charge on any atom is -0.479 e. The van der Waals surface area contributed by atoms with Crippen molar-refractivity contribution in [3.63, 3.8) is 0 Å². The van der Waals surface area contributed by atoms with Gasteiger partial charge in [0.2, 0.25) is 0 Å². The molecule has 78 valence electrons. The highest BCUT2D eigenvalue weighted by atomic mass is 16.4. The molecule has 0 radical (unpaired) electrons. The number of carboxylic acids is 1. The highest BCUT2D eigenvalue weighted by Gasteiger charge is 2.15. The van der Waals surface area contributed by atoms with Gasteiger partial charge in [-0.1, -0.05) is 18.2 Å². The topological polar surface area (TPSA) is 86.2 Å². The van der Waals surface area contributed by atoms with Crippen LogP contribution in [-0.2, 0) is 11.2 Å². The second kappa shape index (κ2) is 3.70. The van der Waals surface area contributed by atoms with Crippen LogP contribution in [0.15, 0.2) is 24.4 Å². The Balaban J connectivity index is 2.35. The zero-order valence-electron chi connectivity index (χ0n) is 7.84. The van der Waals surface area contributed by atoms with Crippen molar-refractivity contribution in [2.45, 2.75) is 12.5 Å². The second-order valence-corrected chi connectivity index (χ2v) is 3.31. The van der Waals surface area contributed by atoms with Gasteiger partial charge in [-0.2, -0.15) is 5.10 Å². The number of H-pyrrole nitrogens is 1. The number of carbonyl (C=O) groups is 1. The molecule has 0 amide bonds. The fourth-order valence-electron chi connectivity index (χ4n) is 1.50. The number of aliphatic carboxylic acids is 1. The van der Waals surface area contributed by atoms with Gasteiger partial charge in [0.25, 0.3) is 0 Å². The number of para-hydroxylation sites is 1. The molecule has 1 aromatic carbocycles. The largest absolute Gasteiger partial charge is 0.479 e. The van der Waals surface area contributed by atoms with Crippen LogP contribution in [0.1, 0.15) is 5.56 Å². The number of aliphatic hydroxyl groups is 1. The Kier molecular flexibility index (Phi) is 2.39. The molecular formula is C10H10N2O3. The van der Waals surface area contributed by atoms with Crippen molar-refractivity contribution in [3.05, 3.63) is 30.0 Å². The van der Waals surface area contributed by atoms with Crippen LogP contribution in [0.3, 0.4) is 0 Å². The summed E-state index contributed by atoms with van der Waals surface area (Å²) >= 11 is 0. The molecule has 5 heteroatoms. The summed E-state index contributed by atoms with van der Waals surface area (Å²) in [7, 11) is 0. The Morgan fingerprint density at radius 3 is 3.07 bits per heavy atom. The lowest BCUT2D eigenvalue weighted by Crippen LogP contribution is -2.22. The molecule has 0 saturated heterocycles. The number of aliphatic hydroxyl groups excluding tert-OH is 1. The van der Waals surface area contributed by atoms with Gasteiger partial charge in [0.1, 0.15) is 0 Å². The maximum Gasteiger partial charge on any atom is 0.332 e. The van der Waals surface area contributed by atoms with Gasteiger partial charge in [-0.05, 0) is 5.56 Å². The Morgan fingerprint density at radius 1 is 1.53 bits per heavy atom. The first-order chi connectivity index (χ1) is 7.18. The summed E-state index contributed by atoms with van der Waals surface area (Å²) in [5.74, 6) is -1.22. The molecule has 0 aliphatic rings. The molecule has 0 aliphatic carbocycles. The molecule has 2 rings (SSSR count). The monoisotopic (exact) mass is 206 g/mol. The van der Waals surface area contributed by atoms with Gasteiger partial charge >= 0.3 is 5.97 Å². The minimum atomic E-state index is -1.38. The number of nitrogens with zero attached hydrogens (tertiary/aromatic N) is 1. The number of aromatic nitrogens is 2. The molecule has 0 spiro atoms. The summed E-state index contributed by atoms with van der Waals surface area (Å²) in [5, 5.41) is 25.4. The fraction of sp³-hybridized carbons (Fsp3) is 0.200. The van der Waals surface area contributed by atoms with Crippen molar-refractivity contribution in [1.82, 2.24) is 10.2 Å². The molecule has 3 N–H and O–H groups in total. The average Bonchev–Trinajstić information content (AvgIpc) is 2.66. The first-order valence-electron chi connectivity index (χ1n) is 4.50. The van der Waals surface area contributed by atoms with Gasteiger partial charge in [-0.3, -0.25) is 5.10 Å². The van der Waals surface area contributed by atoms with Crippen molar-refractivity contribution in [2.24, 2.45) is 0 Å². The fourth-order valence-corrected chi connectivity index (χ4v) is 1.50. The Bertz CT molecular complexity index is 492. The van der Waals surface area contributed by atoms with E-state index >= 15 is 0 Å².